The molecule has 1 saturated heterocycles. The molecule has 2 heterocycles. The lowest BCUT2D eigenvalue weighted by Crippen LogP contribution is -2.44. The lowest BCUT2D eigenvalue weighted by atomic mass is 10.0. The molecular formula is C18H20F3N3O3. The lowest BCUT2D eigenvalue weighted by Gasteiger charge is -2.32. The summed E-state index contributed by atoms with van der Waals surface area (Å²) in [5.74, 6) is 0.335. The molecular weight excluding hydrogens is 363 g/mol. The molecule has 0 saturated carbocycles. The minimum Gasteiger partial charge on any atom is -0.468 e. The molecule has 2 aromatic rings. The quantitative estimate of drug-likeness (QED) is 0.739. The largest absolute Gasteiger partial charge is 0.468 e. The van der Waals surface area contributed by atoms with Crippen molar-refractivity contribution in [3.05, 3.63) is 47.1 Å². The SMILES string of the molecule is COC(=O)C1CCCCN1Cc1nc(Cc2cccc(C(F)(F)F)c2)no1. The first-order chi connectivity index (χ1) is 12.9. The third-order valence-electron chi connectivity index (χ3n) is 4.55. The van der Waals surface area contributed by atoms with E-state index in [-0.39, 0.29) is 18.4 Å². The molecule has 6 nitrogen and oxygen atoms in total. The van der Waals surface area contributed by atoms with Gasteiger partial charge in [0.15, 0.2) is 5.82 Å². The molecule has 0 N–H and O–H groups in total. The molecule has 0 amide bonds. The summed E-state index contributed by atoms with van der Waals surface area (Å²) in [5.41, 5.74) is -0.263. The van der Waals surface area contributed by atoms with Gasteiger partial charge in [-0.1, -0.05) is 29.8 Å². The van der Waals surface area contributed by atoms with Crippen LogP contribution in [0.5, 0.6) is 0 Å². The maximum absolute atomic E-state index is 12.8. The van der Waals surface area contributed by atoms with Gasteiger partial charge in [-0.05, 0) is 31.0 Å². The second kappa shape index (κ2) is 8.08. The first-order valence-electron chi connectivity index (χ1n) is 8.66. The predicted octanol–water partition coefficient (Wildman–Crippen LogP) is 3.21. The molecule has 0 bridgehead atoms. The number of esters is 1. The molecule has 0 spiro atoms. The monoisotopic (exact) mass is 383 g/mol. The number of carbonyl (C=O) groups is 1. The van der Waals surface area contributed by atoms with Crippen LogP contribution in [0.2, 0.25) is 0 Å². The molecule has 1 atom stereocenters. The van der Waals surface area contributed by atoms with Crippen LogP contribution in [-0.4, -0.2) is 40.7 Å². The topological polar surface area (TPSA) is 68.5 Å². The Morgan fingerprint density at radius 1 is 1.37 bits per heavy atom. The highest BCUT2D eigenvalue weighted by atomic mass is 19.4. The van der Waals surface area contributed by atoms with Gasteiger partial charge in [0.1, 0.15) is 6.04 Å². The molecule has 3 rings (SSSR count). The number of benzene rings is 1. The van der Waals surface area contributed by atoms with Crippen molar-refractivity contribution in [1.29, 1.82) is 0 Å². The minimum absolute atomic E-state index is 0.133. The van der Waals surface area contributed by atoms with Crippen molar-refractivity contribution in [2.75, 3.05) is 13.7 Å². The van der Waals surface area contributed by atoms with Crippen LogP contribution >= 0.6 is 0 Å². The molecule has 0 radical (unpaired) electrons. The molecule has 9 heteroatoms. The molecule has 1 fully saturated rings. The average Bonchev–Trinajstić information content (AvgIpc) is 3.08. The summed E-state index contributed by atoms with van der Waals surface area (Å²) in [6.07, 6.45) is -1.65. The summed E-state index contributed by atoms with van der Waals surface area (Å²) in [5, 5.41) is 3.85. The average molecular weight is 383 g/mol. The van der Waals surface area contributed by atoms with E-state index in [4.69, 9.17) is 9.26 Å². The Kier molecular flexibility index (Phi) is 5.79. The van der Waals surface area contributed by atoms with Crippen LogP contribution in [0.25, 0.3) is 0 Å². The van der Waals surface area contributed by atoms with Gasteiger partial charge in [-0.25, -0.2) is 0 Å². The Morgan fingerprint density at radius 3 is 2.93 bits per heavy atom. The lowest BCUT2D eigenvalue weighted by molar-refractivity contribution is -0.148. The second-order valence-corrected chi connectivity index (χ2v) is 6.48. The number of ether oxygens (including phenoxy) is 1. The Balaban J connectivity index is 1.67. The summed E-state index contributed by atoms with van der Waals surface area (Å²) in [6.45, 7) is 1.01. The van der Waals surface area contributed by atoms with Gasteiger partial charge in [0, 0.05) is 6.42 Å². The summed E-state index contributed by atoms with van der Waals surface area (Å²) in [7, 11) is 1.36. The molecule has 1 aromatic carbocycles. The van der Waals surface area contributed by atoms with E-state index in [2.05, 4.69) is 10.1 Å². The highest BCUT2D eigenvalue weighted by molar-refractivity contribution is 5.75. The number of halogens is 3. The van der Waals surface area contributed by atoms with E-state index in [0.29, 0.717) is 36.8 Å². The van der Waals surface area contributed by atoms with Crippen molar-refractivity contribution in [3.63, 3.8) is 0 Å². The molecule has 1 aromatic heterocycles. The van der Waals surface area contributed by atoms with Crippen molar-refractivity contribution < 1.29 is 27.2 Å². The highest BCUT2D eigenvalue weighted by Crippen LogP contribution is 2.30. The Labute approximate surface area is 154 Å². The van der Waals surface area contributed by atoms with Crippen LogP contribution in [0.3, 0.4) is 0 Å². The third-order valence-corrected chi connectivity index (χ3v) is 4.55. The van der Waals surface area contributed by atoms with E-state index in [1.807, 2.05) is 4.90 Å². The number of aromatic nitrogens is 2. The van der Waals surface area contributed by atoms with Crippen LogP contribution < -0.4 is 0 Å². The number of methoxy groups -OCH3 is 1. The fourth-order valence-corrected chi connectivity index (χ4v) is 3.22. The number of rotatable bonds is 5. The summed E-state index contributed by atoms with van der Waals surface area (Å²) >= 11 is 0. The number of carbonyl (C=O) groups excluding carboxylic acids is 1. The Bertz CT molecular complexity index is 791. The zero-order valence-corrected chi connectivity index (χ0v) is 14.8. The number of alkyl halides is 3. The fourth-order valence-electron chi connectivity index (χ4n) is 3.22. The van der Waals surface area contributed by atoms with Crippen molar-refractivity contribution in [3.8, 4) is 0 Å². The first kappa shape index (κ1) is 19.3. The summed E-state index contributed by atoms with van der Waals surface area (Å²) < 4.78 is 48.5. The maximum Gasteiger partial charge on any atom is 0.416 e. The third kappa shape index (κ3) is 4.85. The van der Waals surface area contributed by atoms with Crippen LogP contribution in [0.4, 0.5) is 13.2 Å². The van der Waals surface area contributed by atoms with Crippen LogP contribution in [0.15, 0.2) is 28.8 Å². The van der Waals surface area contributed by atoms with Crippen molar-refractivity contribution in [2.45, 2.75) is 44.4 Å². The number of hydrogen-bond donors (Lipinski definition) is 0. The predicted molar refractivity (Wildman–Crippen MR) is 88.6 cm³/mol. The molecule has 1 aliphatic heterocycles. The van der Waals surface area contributed by atoms with Crippen molar-refractivity contribution in [1.82, 2.24) is 15.0 Å². The van der Waals surface area contributed by atoms with Gasteiger partial charge in [-0.2, -0.15) is 18.2 Å². The van der Waals surface area contributed by atoms with E-state index < -0.39 is 11.7 Å². The molecule has 146 valence electrons. The van der Waals surface area contributed by atoms with Gasteiger partial charge in [-0.15, -0.1) is 0 Å². The second-order valence-electron chi connectivity index (χ2n) is 6.48. The van der Waals surface area contributed by atoms with Gasteiger partial charge in [0.25, 0.3) is 0 Å². The van der Waals surface area contributed by atoms with Crippen LogP contribution in [0, 0.1) is 0 Å². The van der Waals surface area contributed by atoms with E-state index in [9.17, 15) is 18.0 Å². The molecule has 1 aliphatic rings. The van der Waals surface area contributed by atoms with E-state index in [1.54, 1.807) is 6.07 Å². The van der Waals surface area contributed by atoms with Gasteiger partial charge in [0.05, 0.1) is 19.2 Å². The maximum atomic E-state index is 12.8. The zero-order chi connectivity index (χ0) is 19.4. The number of likely N-dealkylation sites (tertiary alicyclic amines) is 1. The fraction of sp³-hybridized carbons (Fsp3) is 0.500. The van der Waals surface area contributed by atoms with E-state index in [0.717, 1.165) is 25.0 Å². The van der Waals surface area contributed by atoms with Crippen molar-refractivity contribution >= 4 is 5.97 Å². The van der Waals surface area contributed by atoms with Crippen molar-refractivity contribution in [2.24, 2.45) is 0 Å². The van der Waals surface area contributed by atoms with Gasteiger partial charge in [0.2, 0.25) is 5.89 Å². The Morgan fingerprint density at radius 2 is 2.19 bits per heavy atom. The summed E-state index contributed by atoms with van der Waals surface area (Å²) in [4.78, 5) is 18.1. The smallest absolute Gasteiger partial charge is 0.416 e. The van der Waals surface area contributed by atoms with Crippen LogP contribution in [-0.2, 0) is 28.7 Å². The molecule has 1 unspecified atom stereocenters. The van der Waals surface area contributed by atoms with E-state index >= 15 is 0 Å². The normalized spacial score (nSPS) is 18.4. The number of hydrogen-bond acceptors (Lipinski definition) is 6. The molecule has 0 aliphatic carbocycles. The first-order valence-corrected chi connectivity index (χ1v) is 8.66. The van der Waals surface area contributed by atoms with Crippen LogP contribution in [0.1, 0.15) is 42.1 Å². The standard InChI is InChI=1S/C18H20F3N3O3/c1-26-17(25)14-7-2-3-8-24(14)11-16-22-15(23-27-16)10-12-5-4-6-13(9-12)18(19,20)21/h4-6,9,14H,2-3,7-8,10-11H2,1H3. The van der Waals surface area contributed by atoms with E-state index in [1.165, 1.54) is 13.2 Å². The zero-order valence-electron chi connectivity index (χ0n) is 14.8. The number of piperidine rings is 1. The summed E-state index contributed by atoms with van der Waals surface area (Å²) in [6, 6.07) is 4.70. The van der Waals surface area contributed by atoms with Gasteiger partial charge < -0.3 is 9.26 Å². The highest BCUT2D eigenvalue weighted by Gasteiger charge is 2.31. The molecule has 27 heavy (non-hydrogen) atoms. The van der Waals surface area contributed by atoms with Gasteiger partial charge >= 0.3 is 12.1 Å². The number of nitrogens with zero attached hydrogens (tertiary/aromatic N) is 3. The van der Waals surface area contributed by atoms with Gasteiger partial charge in [-0.3, -0.25) is 9.69 Å². The Hall–Kier alpha value is -2.42. The minimum atomic E-state index is -4.39.